The van der Waals surface area contributed by atoms with E-state index in [1.54, 1.807) is 12.1 Å². The molecule has 1 amide bonds. The third-order valence-electron chi connectivity index (χ3n) is 3.42. The van der Waals surface area contributed by atoms with Crippen LogP contribution in [0.4, 0.5) is 0 Å². The van der Waals surface area contributed by atoms with Gasteiger partial charge < -0.3 is 10.1 Å². The minimum absolute atomic E-state index is 0.0106. The second-order valence-corrected chi connectivity index (χ2v) is 6.67. The number of halogens is 2. The van der Waals surface area contributed by atoms with Crippen LogP contribution in [0.3, 0.4) is 0 Å². The average Bonchev–Trinajstić information content (AvgIpc) is 2.53. The fraction of sp³-hybridized carbons (Fsp3) is 0.316. The Kier molecular flexibility index (Phi) is 6.95. The van der Waals surface area contributed by atoms with Gasteiger partial charge in [0.2, 0.25) is 5.91 Å². The number of nitrogens with one attached hydrogen (secondary N) is 1. The Morgan fingerprint density at radius 1 is 1.12 bits per heavy atom. The number of amides is 1. The largest absolute Gasteiger partial charge is 0.491 e. The molecule has 3 nitrogen and oxygen atoms in total. The minimum atomic E-state index is -0.0106. The molecule has 0 atom stereocenters. The van der Waals surface area contributed by atoms with Gasteiger partial charge in [0.05, 0.1) is 6.10 Å². The van der Waals surface area contributed by atoms with Gasteiger partial charge in [-0.25, -0.2) is 0 Å². The first-order valence-electron chi connectivity index (χ1n) is 7.90. The van der Waals surface area contributed by atoms with Gasteiger partial charge in [-0.15, -0.1) is 0 Å². The van der Waals surface area contributed by atoms with Crippen LogP contribution in [0.5, 0.6) is 5.75 Å². The van der Waals surface area contributed by atoms with Crippen molar-refractivity contribution in [3.63, 3.8) is 0 Å². The first kappa shape index (κ1) is 18.6. The summed E-state index contributed by atoms with van der Waals surface area (Å²) in [6.07, 6.45) is 1.12. The molecule has 0 fully saturated rings. The number of hydrogen-bond donors (Lipinski definition) is 1. The summed E-state index contributed by atoms with van der Waals surface area (Å²) in [5, 5.41) is 4.10. The number of benzene rings is 2. The van der Waals surface area contributed by atoms with E-state index in [0.29, 0.717) is 29.4 Å². The molecule has 24 heavy (non-hydrogen) atoms. The van der Waals surface area contributed by atoms with Crippen molar-refractivity contribution in [3.8, 4) is 5.75 Å². The summed E-state index contributed by atoms with van der Waals surface area (Å²) in [5.41, 5.74) is 1.95. The van der Waals surface area contributed by atoms with Crippen LogP contribution < -0.4 is 10.1 Å². The minimum Gasteiger partial charge on any atom is -0.491 e. The summed E-state index contributed by atoms with van der Waals surface area (Å²) >= 11 is 12.0. The van der Waals surface area contributed by atoms with E-state index in [1.165, 1.54) is 0 Å². The van der Waals surface area contributed by atoms with E-state index in [0.717, 1.165) is 16.9 Å². The van der Waals surface area contributed by atoms with Crippen molar-refractivity contribution in [2.75, 3.05) is 0 Å². The van der Waals surface area contributed by atoms with E-state index >= 15 is 0 Å². The van der Waals surface area contributed by atoms with Crippen molar-refractivity contribution in [1.29, 1.82) is 0 Å². The molecule has 0 aliphatic rings. The molecular formula is C19H21Cl2NO2. The Labute approximate surface area is 152 Å². The highest BCUT2D eigenvalue weighted by atomic mass is 35.5. The summed E-state index contributed by atoms with van der Waals surface area (Å²) in [5.74, 6) is 0.820. The zero-order valence-corrected chi connectivity index (χ0v) is 15.3. The van der Waals surface area contributed by atoms with E-state index in [-0.39, 0.29) is 12.0 Å². The SMILES string of the molecule is CC(C)Oc1ccc(CNC(=O)CCc2ccc(Cl)cc2Cl)cc1. The number of hydrogen-bond acceptors (Lipinski definition) is 2. The molecule has 0 heterocycles. The zero-order chi connectivity index (χ0) is 17.5. The molecular weight excluding hydrogens is 345 g/mol. The lowest BCUT2D eigenvalue weighted by Gasteiger charge is -2.10. The third kappa shape index (κ3) is 6.06. The molecule has 5 heteroatoms. The van der Waals surface area contributed by atoms with Gasteiger partial charge in [0.25, 0.3) is 0 Å². The topological polar surface area (TPSA) is 38.3 Å². The molecule has 128 valence electrons. The van der Waals surface area contributed by atoms with Crippen LogP contribution in [0, 0.1) is 0 Å². The number of aryl methyl sites for hydroxylation is 1. The van der Waals surface area contributed by atoms with Crippen LogP contribution in [0.15, 0.2) is 42.5 Å². The molecule has 0 radical (unpaired) electrons. The molecule has 0 aliphatic carbocycles. The maximum absolute atomic E-state index is 12.0. The van der Waals surface area contributed by atoms with Crippen LogP contribution in [-0.4, -0.2) is 12.0 Å². The molecule has 0 aromatic heterocycles. The van der Waals surface area contributed by atoms with Gasteiger partial charge in [0.1, 0.15) is 5.75 Å². The lowest BCUT2D eigenvalue weighted by Crippen LogP contribution is -2.23. The Morgan fingerprint density at radius 3 is 2.46 bits per heavy atom. The summed E-state index contributed by atoms with van der Waals surface area (Å²) in [4.78, 5) is 12.0. The van der Waals surface area contributed by atoms with Crippen LogP contribution >= 0.6 is 23.2 Å². The maximum Gasteiger partial charge on any atom is 0.220 e. The predicted octanol–water partition coefficient (Wildman–Crippen LogP) is 5.03. The van der Waals surface area contributed by atoms with Crippen molar-refractivity contribution in [2.24, 2.45) is 0 Å². The summed E-state index contributed by atoms with van der Waals surface area (Å²) in [6.45, 7) is 4.47. The Hall–Kier alpha value is -1.71. The van der Waals surface area contributed by atoms with Crippen molar-refractivity contribution >= 4 is 29.1 Å². The molecule has 0 saturated heterocycles. The Morgan fingerprint density at radius 2 is 1.83 bits per heavy atom. The van der Waals surface area contributed by atoms with Crippen LogP contribution in [-0.2, 0) is 17.8 Å². The van der Waals surface area contributed by atoms with Crippen LogP contribution in [0.25, 0.3) is 0 Å². The van der Waals surface area contributed by atoms with E-state index in [1.807, 2.05) is 44.2 Å². The molecule has 2 rings (SSSR count). The third-order valence-corrected chi connectivity index (χ3v) is 4.01. The van der Waals surface area contributed by atoms with Crippen LogP contribution in [0.2, 0.25) is 10.0 Å². The molecule has 0 unspecified atom stereocenters. The molecule has 0 bridgehead atoms. The van der Waals surface area contributed by atoms with Crippen molar-refractivity contribution < 1.29 is 9.53 Å². The fourth-order valence-electron chi connectivity index (χ4n) is 2.22. The van der Waals surface area contributed by atoms with Crippen LogP contribution in [0.1, 0.15) is 31.4 Å². The van der Waals surface area contributed by atoms with Crippen molar-refractivity contribution in [2.45, 2.75) is 39.3 Å². The number of carbonyl (C=O) groups is 1. The van der Waals surface area contributed by atoms with Gasteiger partial charge >= 0.3 is 0 Å². The van der Waals surface area contributed by atoms with E-state index in [2.05, 4.69) is 5.32 Å². The molecule has 0 saturated carbocycles. The first-order chi connectivity index (χ1) is 11.4. The van der Waals surface area contributed by atoms with Crippen molar-refractivity contribution in [3.05, 3.63) is 63.6 Å². The quantitative estimate of drug-likeness (QED) is 0.746. The molecule has 0 aliphatic heterocycles. The van der Waals surface area contributed by atoms with Crippen molar-refractivity contribution in [1.82, 2.24) is 5.32 Å². The van der Waals surface area contributed by atoms with Gasteiger partial charge in [-0.1, -0.05) is 41.4 Å². The van der Waals surface area contributed by atoms with E-state index < -0.39 is 0 Å². The fourth-order valence-corrected chi connectivity index (χ4v) is 2.72. The van der Waals surface area contributed by atoms with Gasteiger partial charge in [-0.2, -0.15) is 0 Å². The second-order valence-electron chi connectivity index (χ2n) is 5.82. The standard InChI is InChI=1S/C19H21Cl2NO2/c1-13(2)24-17-8-3-14(4-9-17)12-22-19(23)10-6-15-5-7-16(20)11-18(15)21/h3-5,7-9,11,13H,6,10,12H2,1-2H3,(H,22,23). The highest BCUT2D eigenvalue weighted by molar-refractivity contribution is 6.35. The number of carbonyl (C=O) groups excluding carboxylic acids is 1. The Bertz CT molecular complexity index is 684. The van der Waals surface area contributed by atoms with Gasteiger partial charge in [-0.3, -0.25) is 4.79 Å². The molecule has 2 aromatic carbocycles. The maximum atomic E-state index is 12.0. The van der Waals surface area contributed by atoms with Gasteiger partial charge in [0.15, 0.2) is 0 Å². The molecule has 1 N–H and O–H groups in total. The van der Waals surface area contributed by atoms with Gasteiger partial charge in [0, 0.05) is 23.0 Å². The first-order valence-corrected chi connectivity index (χ1v) is 8.66. The van der Waals surface area contributed by atoms with E-state index in [4.69, 9.17) is 27.9 Å². The number of rotatable bonds is 7. The molecule has 0 spiro atoms. The smallest absolute Gasteiger partial charge is 0.220 e. The normalized spacial score (nSPS) is 10.7. The second kappa shape index (κ2) is 8.95. The lowest BCUT2D eigenvalue weighted by atomic mass is 10.1. The summed E-state index contributed by atoms with van der Waals surface area (Å²) < 4.78 is 5.59. The summed E-state index contributed by atoms with van der Waals surface area (Å²) in [6, 6.07) is 13.1. The predicted molar refractivity (Wildman–Crippen MR) is 98.8 cm³/mol. The lowest BCUT2D eigenvalue weighted by molar-refractivity contribution is -0.121. The highest BCUT2D eigenvalue weighted by Gasteiger charge is 2.06. The average molecular weight is 366 g/mol. The van der Waals surface area contributed by atoms with E-state index in [9.17, 15) is 4.79 Å². The zero-order valence-electron chi connectivity index (χ0n) is 13.8. The molecule has 2 aromatic rings. The highest BCUT2D eigenvalue weighted by Crippen LogP contribution is 2.22. The monoisotopic (exact) mass is 365 g/mol. The number of ether oxygens (including phenoxy) is 1. The summed E-state index contributed by atoms with van der Waals surface area (Å²) in [7, 11) is 0. The Balaban J connectivity index is 1.78. The van der Waals surface area contributed by atoms with Gasteiger partial charge in [-0.05, 0) is 55.7 Å².